The molecule has 0 spiro atoms. The van der Waals surface area contributed by atoms with E-state index in [2.05, 4.69) is 9.97 Å². The topological polar surface area (TPSA) is 105 Å². The van der Waals surface area contributed by atoms with Crippen molar-refractivity contribution in [2.45, 2.75) is 27.1 Å². The molecule has 0 fully saturated rings. The van der Waals surface area contributed by atoms with E-state index in [4.69, 9.17) is 19.8 Å². The fraction of sp³-hybridized carbons (Fsp3) is 0.143. The number of aromatic nitrogens is 2. The van der Waals surface area contributed by atoms with Crippen molar-refractivity contribution < 1.29 is 19.4 Å². The Bertz CT molecular complexity index is 1300. The number of carbonyl (C=O) groups is 1. The van der Waals surface area contributed by atoms with Crippen molar-refractivity contribution in [3.63, 3.8) is 0 Å². The van der Waals surface area contributed by atoms with Gasteiger partial charge in [0.05, 0.1) is 0 Å². The smallest absolute Gasteiger partial charge is 0.358 e. The van der Waals surface area contributed by atoms with Gasteiger partial charge in [-0.25, -0.2) is 14.8 Å². The number of rotatable bonds is 7. The van der Waals surface area contributed by atoms with Crippen molar-refractivity contribution >= 4 is 5.97 Å². The second kappa shape index (κ2) is 12.5. The first-order valence-electron chi connectivity index (χ1n) is 10.9. The molecule has 176 valence electrons. The van der Waals surface area contributed by atoms with Crippen molar-refractivity contribution in [2.24, 2.45) is 0 Å². The Morgan fingerprint density at radius 1 is 0.829 bits per heavy atom. The van der Waals surface area contributed by atoms with Gasteiger partial charge >= 0.3 is 5.97 Å². The fourth-order valence-electron chi connectivity index (χ4n) is 3.02. The minimum absolute atomic E-state index is 0.0588. The summed E-state index contributed by atoms with van der Waals surface area (Å²) in [6.45, 7) is 4.53. The van der Waals surface area contributed by atoms with E-state index in [1.54, 1.807) is 12.3 Å². The number of carboxylic acid groups (broad SMARTS) is 1. The molecule has 0 aliphatic heterocycles. The Hall–Kier alpha value is -4.70. The van der Waals surface area contributed by atoms with Crippen LogP contribution in [0.1, 0.15) is 38.4 Å². The number of aromatic carboxylic acids is 1. The maximum atomic E-state index is 11.0. The monoisotopic (exact) mass is 467 g/mol. The van der Waals surface area contributed by atoms with Gasteiger partial charge in [0.2, 0.25) is 0 Å². The van der Waals surface area contributed by atoms with E-state index in [-0.39, 0.29) is 5.69 Å². The molecule has 0 unspecified atom stereocenters. The molecule has 2 aromatic carbocycles. The van der Waals surface area contributed by atoms with Crippen molar-refractivity contribution in [2.75, 3.05) is 0 Å². The van der Waals surface area contributed by atoms with Crippen molar-refractivity contribution in [1.29, 1.82) is 5.26 Å². The number of benzene rings is 2. The van der Waals surface area contributed by atoms with Gasteiger partial charge in [0.25, 0.3) is 0 Å². The minimum Gasteiger partial charge on any atom is -0.486 e. The molecular weight excluding hydrogens is 442 g/mol. The summed E-state index contributed by atoms with van der Waals surface area (Å²) in [5.41, 5.74) is 4.16. The average molecular weight is 468 g/mol. The van der Waals surface area contributed by atoms with Crippen LogP contribution in [-0.4, -0.2) is 21.0 Å². The second-order valence-corrected chi connectivity index (χ2v) is 7.68. The molecule has 0 radical (unpaired) electrons. The summed E-state index contributed by atoms with van der Waals surface area (Å²) in [6.07, 6.45) is 3.17. The van der Waals surface area contributed by atoms with Crippen LogP contribution in [0.3, 0.4) is 0 Å². The molecule has 0 aliphatic carbocycles. The van der Waals surface area contributed by atoms with Gasteiger partial charge in [-0.05, 0) is 48.2 Å². The van der Waals surface area contributed by atoms with Gasteiger partial charge in [-0.2, -0.15) is 5.26 Å². The lowest BCUT2D eigenvalue weighted by Crippen LogP contribution is -2.06. The van der Waals surface area contributed by atoms with Crippen LogP contribution >= 0.6 is 0 Å². The third kappa shape index (κ3) is 7.69. The lowest BCUT2D eigenvalue weighted by Gasteiger charge is -2.09. The van der Waals surface area contributed by atoms with Gasteiger partial charge in [0, 0.05) is 12.4 Å². The summed E-state index contributed by atoms with van der Waals surface area (Å²) in [4.78, 5) is 18.9. The number of hydrogen-bond acceptors (Lipinski definition) is 6. The van der Waals surface area contributed by atoms with Gasteiger partial charge in [-0.15, -0.1) is 0 Å². The highest BCUT2D eigenvalue weighted by Crippen LogP contribution is 2.20. The van der Waals surface area contributed by atoms with Crippen LogP contribution in [0.15, 0.2) is 85.2 Å². The lowest BCUT2D eigenvalue weighted by molar-refractivity contribution is 0.0684. The molecule has 7 nitrogen and oxygen atoms in total. The molecule has 0 aliphatic rings. The molecule has 0 bridgehead atoms. The van der Waals surface area contributed by atoms with Gasteiger partial charge < -0.3 is 14.6 Å². The SMILES string of the molecule is Cc1cnc(C#N)c(OCc2ccccc2)c1.Cc1cnc(C(=O)O)c(OCc2ccccc2)c1. The van der Waals surface area contributed by atoms with E-state index in [0.717, 1.165) is 22.3 Å². The molecule has 7 heteroatoms. The maximum absolute atomic E-state index is 11.0. The Labute approximate surface area is 204 Å². The standard InChI is InChI=1S/C14H12N2O.C14H13NO3/c1-11-7-14(13(8-15)16-9-11)17-10-12-5-3-2-4-6-12;1-10-7-12(13(14(16)17)15-8-10)18-9-11-5-3-2-4-6-11/h2-7,9H,10H2,1H3;2-8H,9H2,1H3,(H,16,17). The Balaban J connectivity index is 0.000000196. The van der Waals surface area contributed by atoms with E-state index in [1.807, 2.05) is 86.6 Å². The maximum Gasteiger partial charge on any atom is 0.358 e. The average Bonchev–Trinajstić information content (AvgIpc) is 2.88. The third-order valence-corrected chi connectivity index (χ3v) is 4.76. The molecule has 2 heterocycles. The number of nitriles is 1. The zero-order chi connectivity index (χ0) is 25.0. The lowest BCUT2D eigenvalue weighted by atomic mass is 10.2. The molecule has 0 saturated heterocycles. The van der Waals surface area contributed by atoms with Gasteiger partial charge in [0.1, 0.15) is 19.3 Å². The number of aryl methyl sites for hydroxylation is 2. The quantitative estimate of drug-likeness (QED) is 0.382. The Morgan fingerprint density at radius 3 is 1.83 bits per heavy atom. The molecule has 1 N–H and O–H groups in total. The van der Waals surface area contributed by atoms with Crippen LogP contribution in [0, 0.1) is 25.2 Å². The minimum atomic E-state index is -1.09. The summed E-state index contributed by atoms with van der Waals surface area (Å²) in [7, 11) is 0. The Morgan fingerprint density at radius 2 is 1.31 bits per heavy atom. The highest BCUT2D eigenvalue weighted by Gasteiger charge is 2.13. The summed E-state index contributed by atoms with van der Waals surface area (Å²) in [5.74, 6) is -0.249. The highest BCUT2D eigenvalue weighted by atomic mass is 16.5. The summed E-state index contributed by atoms with van der Waals surface area (Å²) >= 11 is 0. The van der Waals surface area contributed by atoms with Gasteiger partial charge in [-0.3, -0.25) is 0 Å². The first kappa shape index (κ1) is 24.9. The number of pyridine rings is 2. The molecule has 0 atom stereocenters. The number of hydrogen-bond donors (Lipinski definition) is 1. The zero-order valence-corrected chi connectivity index (χ0v) is 19.5. The second-order valence-electron chi connectivity index (χ2n) is 7.68. The summed E-state index contributed by atoms with van der Waals surface area (Å²) < 4.78 is 11.1. The van der Waals surface area contributed by atoms with E-state index in [9.17, 15) is 4.79 Å². The van der Waals surface area contributed by atoms with Crippen LogP contribution in [0.4, 0.5) is 0 Å². The predicted molar refractivity (Wildman–Crippen MR) is 131 cm³/mol. The van der Waals surface area contributed by atoms with Crippen molar-refractivity contribution in [3.8, 4) is 17.6 Å². The van der Waals surface area contributed by atoms with Gasteiger partial charge in [-0.1, -0.05) is 60.7 Å². The molecule has 0 saturated carbocycles. The van der Waals surface area contributed by atoms with Gasteiger partial charge in [0.15, 0.2) is 22.9 Å². The van der Waals surface area contributed by atoms with E-state index >= 15 is 0 Å². The fourth-order valence-corrected chi connectivity index (χ4v) is 3.02. The van der Waals surface area contributed by atoms with E-state index in [1.165, 1.54) is 6.20 Å². The van der Waals surface area contributed by atoms with Crippen LogP contribution in [0.25, 0.3) is 0 Å². The normalized spacial score (nSPS) is 9.86. The van der Waals surface area contributed by atoms with Crippen LogP contribution in [0.5, 0.6) is 11.5 Å². The predicted octanol–water partition coefficient (Wildman–Crippen LogP) is 5.51. The number of carboxylic acids is 1. The molecule has 35 heavy (non-hydrogen) atoms. The van der Waals surface area contributed by atoms with E-state index < -0.39 is 5.97 Å². The molecule has 4 aromatic rings. The summed E-state index contributed by atoms with van der Waals surface area (Å²) in [5, 5.41) is 17.9. The van der Waals surface area contributed by atoms with Crippen LogP contribution in [0.2, 0.25) is 0 Å². The van der Waals surface area contributed by atoms with E-state index in [0.29, 0.717) is 30.4 Å². The third-order valence-electron chi connectivity index (χ3n) is 4.76. The van der Waals surface area contributed by atoms with Crippen LogP contribution < -0.4 is 9.47 Å². The van der Waals surface area contributed by atoms with Crippen LogP contribution in [-0.2, 0) is 13.2 Å². The Kier molecular flexibility index (Phi) is 8.92. The molecule has 0 amide bonds. The van der Waals surface area contributed by atoms with Crippen molar-refractivity contribution in [1.82, 2.24) is 9.97 Å². The highest BCUT2D eigenvalue weighted by molar-refractivity contribution is 5.88. The number of nitrogens with zero attached hydrogens (tertiary/aromatic N) is 3. The number of ether oxygens (including phenoxy) is 2. The van der Waals surface area contributed by atoms with Crippen molar-refractivity contribution in [3.05, 3.63) is 119 Å². The zero-order valence-electron chi connectivity index (χ0n) is 19.5. The first-order chi connectivity index (χ1) is 17.0. The largest absolute Gasteiger partial charge is 0.486 e. The molecule has 2 aromatic heterocycles. The first-order valence-corrected chi connectivity index (χ1v) is 10.9. The molecule has 4 rings (SSSR count). The summed E-state index contributed by atoms with van der Waals surface area (Å²) in [6, 6.07) is 24.9. The molecular formula is C28H25N3O4.